The molecule has 0 saturated carbocycles. The molecule has 240 valence electrons. The number of ether oxygens (including phenoxy) is 2. The number of nitrogens with zero attached hydrogens (tertiary/aromatic N) is 4. The van der Waals surface area contributed by atoms with Crippen molar-refractivity contribution in [3.63, 3.8) is 0 Å². The molecule has 2 aromatic heterocycles. The minimum absolute atomic E-state index is 0.0544. The first-order chi connectivity index (χ1) is 22.7. The fourth-order valence-electron chi connectivity index (χ4n) is 5.65. The summed E-state index contributed by atoms with van der Waals surface area (Å²) in [5.74, 6) is 0.341. The predicted molar refractivity (Wildman–Crippen MR) is 188 cm³/mol. The monoisotopic (exact) mass is 664 g/mol. The van der Waals surface area contributed by atoms with E-state index in [1.807, 2.05) is 111 Å². The minimum atomic E-state index is -0.675. The Morgan fingerprint density at radius 1 is 1.06 bits per heavy atom. The van der Waals surface area contributed by atoms with Gasteiger partial charge >= 0.3 is 5.97 Å². The van der Waals surface area contributed by atoms with Gasteiger partial charge in [-0.05, 0) is 101 Å². The van der Waals surface area contributed by atoms with E-state index in [1.54, 1.807) is 30.2 Å². The van der Waals surface area contributed by atoms with Crippen LogP contribution in [0.15, 0.2) is 105 Å². The van der Waals surface area contributed by atoms with Gasteiger partial charge in [-0.15, -0.1) is 11.8 Å². The van der Waals surface area contributed by atoms with Crippen molar-refractivity contribution in [2.75, 3.05) is 12.9 Å². The molecule has 0 spiro atoms. The van der Waals surface area contributed by atoms with Crippen molar-refractivity contribution in [1.29, 1.82) is 0 Å². The molecule has 0 amide bonds. The number of aromatic nitrogens is 3. The predicted octanol–water partition coefficient (Wildman–Crippen LogP) is 6.47. The largest absolute Gasteiger partial charge is 0.491 e. The lowest BCUT2D eigenvalue weighted by Crippen LogP contribution is -2.39. The van der Waals surface area contributed by atoms with Gasteiger partial charge in [0.05, 0.1) is 40.2 Å². The Kier molecular flexibility index (Phi) is 9.33. The molecule has 0 N–H and O–H groups in total. The molecule has 1 aliphatic rings. The minimum Gasteiger partial charge on any atom is -0.491 e. The molecule has 3 heterocycles. The van der Waals surface area contributed by atoms with Gasteiger partial charge in [0.2, 0.25) is 0 Å². The summed E-state index contributed by atoms with van der Waals surface area (Å²) in [5, 5.41) is 4.98. The van der Waals surface area contributed by atoms with Crippen molar-refractivity contribution >= 4 is 35.1 Å². The maximum Gasteiger partial charge on any atom is 0.338 e. The zero-order valence-corrected chi connectivity index (χ0v) is 28.8. The van der Waals surface area contributed by atoms with E-state index in [2.05, 4.69) is 6.07 Å². The third-order valence-corrected chi connectivity index (χ3v) is 9.54. The number of esters is 1. The number of rotatable bonds is 9. The van der Waals surface area contributed by atoms with E-state index >= 15 is 0 Å². The number of thiazole rings is 1. The molecule has 6 rings (SSSR count). The average Bonchev–Trinajstić information content (AvgIpc) is 3.62. The summed E-state index contributed by atoms with van der Waals surface area (Å²) >= 11 is 2.93. The summed E-state index contributed by atoms with van der Waals surface area (Å²) in [6, 6.07) is 23.1. The van der Waals surface area contributed by atoms with Crippen LogP contribution in [0.5, 0.6) is 5.75 Å². The maximum atomic E-state index is 14.3. The van der Waals surface area contributed by atoms with Crippen LogP contribution >= 0.6 is 23.1 Å². The number of fused-ring (bicyclic) bond motifs is 1. The van der Waals surface area contributed by atoms with Gasteiger partial charge in [0, 0.05) is 22.2 Å². The van der Waals surface area contributed by atoms with E-state index in [1.165, 1.54) is 11.3 Å². The van der Waals surface area contributed by atoms with Gasteiger partial charge in [-0.3, -0.25) is 9.36 Å². The summed E-state index contributed by atoms with van der Waals surface area (Å²) in [4.78, 5) is 34.0. The van der Waals surface area contributed by atoms with Crippen molar-refractivity contribution in [2.45, 2.75) is 51.7 Å². The molecule has 1 unspecified atom stereocenters. The van der Waals surface area contributed by atoms with Crippen LogP contribution < -0.4 is 19.6 Å². The number of thioether (sulfide) groups is 1. The van der Waals surface area contributed by atoms with Gasteiger partial charge in [0.1, 0.15) is 11.4 Å². The molecule has 5 aromatic rings. The second kappa shape index (κ2) is 13.6. The van der Waals surface area contributed by atoms with Crippen LogP contribution in [0.3, 0.4) is 0 Å². The van der Waals surface area contributed by atoms with Crippen LogP contribution in [0.2, 0.25) is 0 Å². The van der Waals surface area contributed by atoms with Crippen LogP contribution in [0.25, 0.3) is 23.0 Å². The summed E-state index contributed by atoms with van der Waals surface area (Å²) in [7, 11) is 0. The van der Waals surface area contributed by atoms with Crippen LogP contribution in [-0.4, -0.2) is 39.3 Å². The lowest BCUT2D eigenvalue weighted by Gasteiger charge is -2.24. The summed E-state index contributed by atoms with van der Waals surface area (Å²) < 4.78 is 15.4. The third kappa shape index (κ3) is 6.48. The zero-order valence-electron chi connectivity index (χ0n) is 27.2. The second-order valence-corrected chi connectivity index (χ2v) is 13.3. The maximum absolute atomic E-state index is 14.3. The third-order valence-electron chi connectivity index (χ3n) is 7.81. The summed E-state index contributed by atoms with van der Waals surface area (Å²) in [5.41, 5.74) is 5.76. The van der Waals surface area contributed by atoms with Gasteiger partial charge in [-0.25, -0.2) is 14.5 Å². The van der Waals surface area contributed by atoms with E-state index in [0.717, 1.165) is 44.3 Å². The Balaban J connectivity index is 1.54. The highest BCUT2D eigenvalue weighted by atomic mass is 32.2. The topological polar surface area (TPSA) is 87.7 Å². The van der Waals surface area contributed by atoms with E-state index in [0.29, 0.717) is 20.6 Å². The first-order valence-corrected chi connectivity index (χ1v) is 17.5. The van der Waals surface area contributed by atoms with Crippen molar-refractivity contribution < 1.29 is 14.3 Å². The van der Waals surface area contributed by atoms with E-state index in [-0.39, 0.29) is 18.3 Å². The molecule has 0 aliphatic carbocycles. The molecular weight excluding hydrogens is 629 g/mol. The van der Waals surface area contributed by atoms with Crippen molar-refractivity contribution in [3.8, 4) is 22.7 Å². The number of hydrogen-bond donors (Lipinski definition) is 0. The zero-order chi connectivity index (χ0) is 33.2. The van der Waals surface area contributed by atoms with Crippen LogP contribution in [0, 0.1) is 6.92 Å². The molecule has 1 atom stereocenters. The molecule has 0 radical (unpaired) electrons. The molecule has 0 bridgehead atoms. The number of carbonyl (C=O) groups is 1. The van der Waals surface area contributed by atoms with E-state index in [4.69, 9.17) is 19.6 Å². The van der Waals surface area contributed by atoms with Gasteiger partial charge < -0.3 is 9.47 Å². The highest BCUT2D eigenvalue weighted by Gasteiger charge is 2.33. The van der Waals surface area contributed by atoms with E-state index in [9.17, 15) is 9.59 Å². The van der Waals surface area contributed by atoms with Gasteiger partial charge in [0.25, 0.3) is 5.56 Å². The van der Waals surface area contributed by atoms with Crippen molar-refractivity contribution in [3.05, 3.63) is 127 Å². The molecule has 1 aliphatic heterocycles. The summed E-state index contributed by atoms with van der Waals surface area (Å²) in [6.07, 6.45) is 5.87. The smallest absolute Gasteiger partial charge is 0.338 e. The Hall–Kier alpha value is -4.67. The fraction of sp³-hybridized carbons (Fsp3) is 0.243. The van der Waals surface area contributed by atoms with E-state index < -0.39 is 12.0 Å². The molecule has 0 fully saturated rings. The fourth-order valence-corrected chi connectivity index (χ4v) is 7.09. The van der Waals surface area contributed by atoms with Crippen molar-refractivity contribution in [2.24, 2.45) is 4.99 Å². The Bertz CT molecular complexity index is 2160. The Morgan fingerprint density at radius 3 is 2.47 bits per heavy atom. The summed E-state index contributed by atoms with van der Waals surface area (Å²) in [6.45, 7) is 9.81. The van der Waals surface area contributed by atoms with Crippen molar-refractivity contribution in [1.82, 2.24) is 14.3 Å². The van der Waals surface area contributed by atoms with Crippen LogP contribution in [0.4, 0.5) is 0 Å². The SMILES string of the molecule is CCOC(=O)C1=C(C)N=c2sc(=Cc3cn(-c4ccccc4)nc3-c3ccc(OC(C)C)c(C)c3)c(=O)n2C1c1ccc(SC)cc1. The number of hydrogen-bond acceptors (Lipinski definition) is 8. The average molecular weight is 665 g/mol. The highest BCUT2D eigenvalue weighted by Crippen LogP contribution is 2.32. The Labute approximate surface area is 281 Å². The molecule has 10 heteroatoms. The molecule has 8 nitrogen and oxygen atoms in total. The molecule has 0 saturated heterocycles. The highest BCUT2D eigenvalue weighted by molar-refractivity contribution is 7.98. The number of benzene rings is 3. The Morgan fingerprint density at radius 2 is 1.81 bits per heavy atom. The van der Waals surface area contributed by atoms with Gasteiger partial charge in [0.15, 0.2) is 4.80 Å². The number of para-hydroxylation sites is 1. The molecule has 47 heavy (non-hydrogen) atoms. The second-order valence-electron chi connectivity index (χ2n) is 11.4. The molecular formula is C37H36N4O4S2. The standard InChI is InChI=1S/C37H36N4O4S2/c1-7-44-36(43)32-24(5)38-37-41(34(32)25-13-16-29(46-6)17-14-25)35(42)31(47-37)20-27-21-40(28-11-9-8-10-12-28)39-33(27)26-15-18-30(23(4)19-26)45-22(2)3/h8-22,34H,7H2,1-6H3. The lowest BCUT2D eigenvalue weighted by molar-refractivity contribution is -0.139. The van der Waals surface area contributed by atoms with Crippen LogP contribution in [-0.2, 0) is 9.53 Å². The first kappa shape index (κ1) is 32.3. The van der Waals surface area contributed by atoms with Crippen LogP contribution in [0.1, 0.15) is 50.4 Å². The molecule has 3 aromatic carbocycles. The number of allylic oxidation sites excluding steroid dienone is 1. The quantitative estimate of drug-likeness (QED) is 0.133. The number of aryl methyl sites for hydroxylation is 1. The number of carbonyl (C=O) groups excluding carboxylic acids is 1. The first-order valence-electron chi connectivity index (χ1n) is 15.4. The normalized spacial score (nSPS) is 14.7. The lowest BCUT2D eigenvalue weighted by atomic mass is 9.96. The van der Waals surface area contributed by atoms with Gasteiger partial charge in [-0.1, -0.05) is 41.7 Å². The van der Waals surface area contributed by atoms with Gasteiger partial charge in [-0.2, -0.15) is 5.10 Å².